The molecule has 3 heterocycles. The summed E-state index contributed by atoms with van der Waals surface area (Å²) >= 11 is 0. The first-order chi connectivity index (χ1) is 13.8. The molecule has 28 heavy (non-hydrogen) atoms. The van der Waals surface area contributed by atoms with Gasteiger partial charge in [-0.3, -0.25) is 9.80 Å². The normalized spacial score (nSPS) is 19.8. The zero-order valence-corrected chi connectivity index (χ0v) is 15.7. The number of ether oxygens (including phenoxy) is 2. The van der Waals surface area contributed by atoms with Gasteiger partial charge < -0.3 is 14.0 Å². The Bertz CT molecular complexity index is 959. The molecular formula is C21H22N4O3. The predicted octanol–water partition coefficient (Wildman–Crippen LogP) is 2.95. The summed E-state index contributed by atoms with van der Waals surface area (Å²) in [6, 6.07) is 16.7. The molecular weight excluding hydrogens is 356 g/mol. The highest BCUT2D eigenvalue weighted by atomic mass is 16.7. The van der Waals surface area contributed by atoms with Gasteiger partial charge >= 0.3 is 0 Å². The van der Waals surface area contributed by atoms with Crippen LogP contribution in [0.2, 0.25) is 0 Å². The molecule has 7 nitrogen and oxygen atoms in total. The Morgan fingerprint density at radius 1 is 1.04 bits per heavy atom. The van der Waals surface area contributed by atoms with Crippen LogP contribution in [0.3, 0.4) is 0 Å². The van der Waals surface area contributed by atoms with E-state index in [1.54, 1.807) is 0 Å². The van der Waals surface area contributed by atoms with Crippen molar-refractivity contribution in [2.75, 3.05) is 33.5 Å². The largest absolute Gasteiger partial charge is 0.454 e. The number of hydrogen-bond donors (Lipinski definition) is 0. The van der Waals surface area contributed by atoms with Crippen molar-refractivity contribution in [3.63, 3.8) is 0 Å². The van der Waals surface area contributed by atoms with Crippen molar-refractivity contribution < 1.29 is 14.0 Å². The van der Waals surface area contributed by atoms with Gasteiger partial charge in [-0.2, -0.15) is 4.98 Å². The van der Waals surface area contributed by atoms with E-state index in [-0.39, 0.29) is 6.79 Å². The first-order valence-electron chi connectivity index (χ1n) is 9.46. The number of fused-ring (bicyclic) bond motifs is 1. The Hall–Kier alpha value is -2.90. The summed E-state index contributed by atoms with van der Waals surface area (Å²) in [6.07, 6.45) is 0. The number of hydrogen-bond acceptors (Lipinski definition) is 7. The highest BCUT2D eigenvalue weighted by molar-refractivity contribution is 5.61. The lowest BCUT2D eigenvalue weighted by Gasteiger charge is -2.39. The van der Waals surface area contributed by atoms with Crippen LogP contribution in [0.5, 0.6) is 11.5 Å². The average molecular weight is 378 g/mol. The fourth-order valence-corrected chi connectivity index (χ4v) is 3.77. The van der Waals surface area contributed by atoms with E-state index < -0.39 is 0 Å². The van der Waals surface area contributed by atoms with Gasteiger partial charge in [0.15, 0.2) is 11.5 Å². The van der Waals surface area contributed by atoms with Crippen LogP contribution in [0.4, 0.5) is 0 Å². The first-order valence-corrected chi connectivity index (χ1v) is 9.46. The Labute approximate surface area is 163 Å². The molecule has 0 radical (unpaired) electrons. The van der Waals surface area contributed by atoms with E-state index in [0.29, 0.717) is 30.1 Å². The zero-order chi connectivity index (χ0) is 18.9. The summed E-state index contributed by atoms with van der Waals surface area (Å²) in [5.41, 5.74) is 2.20. The van der Waals surface area contributed by atoms with E-state index in [9.17, 15) is 0 Å². The third kappa shape index (κ3) is 3.34. The Balaban J connectivity index is 1.29. The van der Waals surface area contributed by atoms with Gasteiger partial charge in [0, 0.05) is 31.2 Å². The molecule has 0 N–H and O–H groups in total. The number of nitrogens with zero attached hydrogens (tertiary/aromatic N) is 4. The van der Waals surface area contributed by atoms with E-state index in [4.69, 9.17) is 14.0 Å². The molecule has 0 saturated carbocycles. The van der Waals surface area contributed by atoms with E-state index in [2.05, 4.69) is 57.3 Å². The van der Waals surface area contributed by atoms with Crippen LogP contribution >= 0.6 is 0 Å². The van der Waals surface area contributed by atoms with Gasteiger partial charge in [-0.15, -0.1) is 0 Å². The zero-order valence-electron chi connectivity index (χ0n) is 15.7. The molecule has 5 rings (SSSR count). The number of benzene rings is 2. The molecule has 2 aliphatic rings. The third-order valence-corrected chi connectivity index (χ3v) is 5.37. The van der Waals surface area contributed by atoms with Crippen LogP contribution in [0, 0.1) is 0 Å². The minimum atomic E-state index is 0.252. The molecule has 0 amide bonds. The van der Waals surface area contributed by atoms with Gasteiger partial charge in [-0.1, -0.05) is 35.5 Å². The molecule has 2 aromatic carbocycles. The highest BCUT2D eigenvalue weighted by Crippen LogP contribution is 2.35. The summed E-state index contributed by atoms with van der Waals surface area (Å²) < 4.78 is 16.3. The number of piperazine rings is 1. The second kappa shape index (κ2) is 7.26. The van der Waals surface area contributed by atoms with Crippen LogP contribution in [-0.2, 0) is 6.54 Å². The summed E-state index contributed by atoms with van der Waals surface area (Å²) in [5, 5.41) is 4.15. The lowest BCUT2D eigenvalue weighted by atomic mass is 10.0. The molecule has 1 atom stereocenters. The third-order valence-electron chi connectivity index (χ3n) is 5.37. The standard InChI is InChI=1S/C21H22N4O3/c1-24-9-10-25(12-17(24)15-5-3-2-4-6-15)13-20-22-21(23-28-20)16-7-8-18-19(11-16)27-14-26-18/h2-8,11,17H,9-10,12-14H2,1H3. The van der Waals surface area contributed by atoms with Gasteiger partial charge in [0.1, 0.15) is 0 Å². The maximum absolute atomic E-state index is 5.52. The Morgan fingerprint density at radius 2 is 1.89 bits per heavy atom. The molecule has 1 fully saturated rings. The predicted molar refractivity (Wildman–Crippen MR) is 103 cm³/mol. The average Bonchev–Trinajstić information content (AvgIpc) is 3.39. The second-order valence-electron chi connectivity index (χ2n) is 7.22. The van der Waals surface area contributed by atoms with Crippen LogP contribution in [0.1, 0.15) is 17.5 Å². The SMILES string of the molecule is CN1CCN(Cc2nc(-c3ccc4c(c3)OCO4)no2)CC1c1ccccc1. The van der Waals surface area contributed by atoms with Gasteiger partial charge in [0.2, 0.25) is 18.5 Å². The minimum absolute atomic E-state index is 0.252. The van der Waals surface area contributed by atoms with Crippen molar-refractivity contribution in [2.24, 2.45) is 0 Å². The molecule has 1 unspecified atom stereocenters. The summed E-state index contributed by atoms with van der Waals surface area (Å²) in [6.45, 7) is 3.81. The smallest absolute Gasteiger partial charge is 0.241 e. The lowest BCUT2D eigenvalue weighted by Crippen LogP contribution is -2.46. The fraction of sp³-hybridized carbons (Fsp3) is 0.333. The van der Waals surface area contributed by atoms with Crippen molar-refractivity contribution in [2.45, 2.75) is 12.6 Å². The number of likely N-dealkylation sites (N-methyl/N-ethyl adjacent to an activating group) is 1. The topological polar surface area (TPSA) is 63.9 Å². The van der Waals surface area contributed by atoms with Crippen molar-refractivity contribution in [3.8, 4) is 22.9 Å². The van der Waals surface area contributed by atoms with Crippen LogP contribution < -0.4 is 9.47 Å². The molecule has 3 aromatic rings. The number of aromatic nitrogens is 2. The number of rotatable bonds is 4. The van der Waals surface area contributed by atoms with E-state index in [1.807, 2.05) is 18.2 Å². The molecule has 1 saturated heterocycles. The molecule has 7 heteroatoms. The highest BCUT2D eigenvalue weighted by Gasteiger charge is 2.27. The minimum Gasteiger partial charge on any atom is -0.454 e. The molecule has 1 aromatic heterocycles. The van der Waals surface area contributed by atoms with Gasteiger partial charge in [0.05, 0.1) is 6.54 Å². The summed E-state index contributed by atoms with van der Waals surface area (Å²) in [4.78, 5) is 9.36. The molecule has 144 valence electrons. The van der Waals surface area contributed by atoms with Crippen molar-refractivity contribution in [3.05, 3.63) is 60.0 Å². The quantitative estimate of drug-likeness (QED) is 0.692. The summed E-state index contributed by atoms with van der Waals surface area (Å²) in [7, 11) is 2.18. The van der Waals surface area contributed by atoms with Crippen LogP contribution in [0.25, 0.3) is 11.4 Å². The molecule has 2 aliphatic heterocycles. The van der Waals surface area contributed by atoms with Crippen LogP contribution in [0.15, 0.2) is 53.1 Å². The Kier molecular flexibility index (Phi) is 4.46. The van der Waals surface area contributed by atoms with E-state index in [1.165, 1.54) is 5.56 Å². The van der Waals surface area contributed by atoms with Gasteiger partial charge in [-0.05, 0) is 30.8 Å². The van der Waals surface area contributed by atoms with Gasteiger partial charge in [-0.25, -0.2) is 0 Å². The van der Waals surface area contributed by atoms with Gasteiger partial charge in [0.25, 0.3) is 0 Å². The van der Waals surface area contributed by atoms with E-state index >= 15 is 0 Å². The maximum atomic E-state index is 5.52. The Morgan fingerprint density at radius 3 is 2.79 bits per heavy atom. The van der Waals surface area contributed by atoms with Crippen molar-refractivity contribution in [1.29, 1.82) is 0 Å². The summed E-state index contributed by atoms with van der Waals surface area (Å²) in [5.74, 6) is 2.66. The van der Waals surface area contributed by atoms with Crippen molar-refractivity contribution >= 4 is 0 Å². The molecule has 0 spiro atoms. The van der Waals surface area contributed by atoms with E-state index in [0.717, 1.165) is 30.9 Å². The van der Waals surface area contributed by atoms with Crippen LogP contribution in [-0.4, -0.2) is 53.4 Å². The first kappa shape index (κ1) is 17.2. The lowest BCUT2D eigenvalue weighted by molar-refractivity contribution is 0.0825. The van der Waals surface area contributed by atoms with Crippen molar-refractivity contribution in [1.82, 2.24) is 19.9 Å². The molecule has 0 aliphatic carbocycles. The molecule has 0 bridgehead atoms. The monoisotopic (exact) mass is 378 g/mol. The fourth-order valence-electron chi connectivity index (χ4n) is 3.77. The maximum Gasteiger partial charge on any atom is 0.241 e. The second-order valence-corrected chi connectivity index (χ2v) is 7.22.